The van der Waals surface area contributed by atoms with Gasteiger partial charge in [0.15, 0.2) is 0 Å². The normalized spacial score (nSPS) is 13.8. The van der Waals surface area contributed by atoms with Gasteiger partial charge in [0.1, 0.15) is 12.4 Å². The lowest BCUT2D eigenvalue weighted by Gasteiger charge is -2.35. The highest BCUT2D eigenvalue weighted by molar-refractivity contribution is 5.76. The second kappa shape index (κ2) is 9.40. The van der Waals surface area contributed by atoms with Crippen LogP contribution < -0.4 is 15.8 Å². The van der Waals surface area contributed by atoms with Crippen molar-refractivity contribution in [1.29, 1.82) is 0 Å². The number of aromatic nitrogens is 4. The molecule has 1 N–H and O–H groups in total. The van der Waals surface area contributed by atoms with Crippen LogP contribution in [0.1, 0.15) is 22.5 Å². The summed E-state index contributed by atoms with van der Waals surface area (Å²) in [6.45, 7) is 9.86. The Morgan fingerprint density at radius 3 is 2.39 bits per heavy atom. The number of carbonyl (C=O) groups is 1. The fourth-order valence-corrected chi connectivity index (χ4v) is 3.73. The minimum atomic E-state index is -0.170. The van der Waals surface area contributed by atoms with Crippen LogP contribution >= 0.6 is 0 Å². The fraction of sp³-hybridized carbons (Fsp3) is 0.375. The van der Waals surface area contributed by atoms with Crippen molar-refractivity contribution in [1.82, 2.24) is 24.4 Å². The van der Waals surface area contributed by atoms with E-state index in [0.29, 0.717) is 43.4 Å². The fourth-order valence-electron chi connectivity index (χ4n) is 3.73. The predicted molar refractivity (Wildman–Crippen MR) is 128 cm³/mol. The second-order valence-corrected chi connectivity index (χ2v) is 8.44. The lowest BCUT2D eigenvalue weighted by molar-refractivity contribution is -0.132. The number of amides is 1. The summed E-state index contributed by atoms with van der Waals surface area (Å²) >= 11 is 0. The quantitative estimate of drug-likeness (QED) is 0.641. The maximum atomic E-state index is 12.8. The maximum absolute atomic E-state index is 12.8. The number of hydrogen-bond donors (Lipinski definition) is 1. The van der Waals surface area contributed by atoms with E-state index >= 15 is 0 Å². The Hall–Kier alpha value is -3.75. The highest BCUT2D eigenvalue weighted by Gasteiger charge is 2.23. The number of piperazine rings is 1. The minimum Gasteiger partial charge on any atom is -0.340 e. The van der Waals surface area contributed by atoms with Crippen LogP contribution in [0.2, 0.25) is 0 Å². The lowest BCUT2D eigenvalue weighted by Crippen LogP contribution is -2.50. The predicted octanol–water partition coefficient (Wildman–Crippen LogP) is 2.36. The Morgan fingerprint density at radius 2 is 1.70 bits per heavy atom. The summed E-state index contributed by atoms with van der Waals surface area (Å²) in [5, 5.41) is 3.34. The summed E-state index contributed by atoms with van der Waals surface area (Å²) in [6, 6.07) is 10.1. The molecular weight excluding hydrogens is 418 g/mol. The van der Waals surface area contributed by atoms with E-state index in [1.165, 1.54) is 16.5 Å². The first-order valence-electron chi connectivity index (χ1n) is 11.0. The molecule has 0 unspecified atom stereocenters. The molecule has 1 amide bonds. The van der Waals surface area contributed by atoms with Gasteiger partial charge in [-0.2, -0.15) is 4.98 Å². The van der Waals surface area contributed by atoms with E-state index in [4.69, 9.17) is 0 Å². The molecule has 4 rings (SSSR count). The van der Waals surface area contributed by atoms with Crippen molar-refractivity contribution in [3.63, 3.8) is 0 Å². The second-order valence-electron chi connectivity index (χ2n) is 8.44. The Kier molecular flexibility index (Phi) is 6.39. The highest BCUT2D eigenvalue weighted by Crippen LogP contribution is 2.20. The summed E-state index contributed by atoms with van der Waals surface area (Å²) in [7, 11) is 0. The van der Waals surface area contributed by atoms with E-state index < -0.39 is 0 Å². The molecule has 172 valence electrons. The third-order valence-corrected chi connectivity index (χ3v) is 5.90. The molecular formula is C24H29N7O2. The van der Waals surface area contributed by atoms with E-state index in [9.17, 15) is 9.59 Å². The Balaban J connectivity index is 1.40. The highest BCUT2D eigenvalue weighted by atomic mass is 16.2. The van der Waals surface area contributed by atoms with Crippen LogP contribution in [-0.2, 0) is 11.3 Å². The molecule has 1 aliphatic heterocycles. The molecule has 1 aliphatic rings. The third kappa shape index (κ3) is 5.19. The number of benzene rings is 1. The Bertz CT molecular complexity index is 1210. The average molecular weight is 448 g/mol. The molecule has 9 heteroatoms. The summed E-state index contributed by atoms with van der Waals surface area (Å²) in [6.07, 6.45) is 1.45. The van der Waals surface area contributed by atoms with Crippen molar-refractivity contribution in [2.75, 3.05) is 36.4 Å². The Morgan fingerprint density at radius 1 is 1.00 bits per heavy atom. The van der Waals surface area contributed by atoms with Crippen molar-refractivity contribution < 1.29 is 4.79 Å². The SMILES string of the molecule is Cc1ccc(Nc2cc(C)nc(N3CCN(C(=O)Cn4cnc(C)c(C)c4=O)CC3)n2)cc1. The smallest absolute Gasteiger partial charge is 0.256 e. The third-order valence-electron chi connectivity index (χ3n) is 5.90. The van der Waals surface area contributed by atoms with Gasteiger partial charge >= 0.3 is 0 Å². The first kappa shape index (κ1) is 22.4. The van der Waals surface area contributed by atoms with Gasteiger partial charge in [-0.25, -0.2) is 9.97 Å². The first-order chi connectivity index (χ1) is 15.8. The molecule has 0 spiro atoms. The van der Waals surface area contributed by atoms with Crippen LogP contribution in [0.15, 0.2) is 41.5 Å². The molecule has 1 fully saturated rings. The van der Waals surface area contributed by atoms with Crippen LogP contribution in [0.5, 0.6) is 0 Å². The number of rotatable bonds is 5. The molecule has 33 heavy (non-hydrogen) atoms. The molecule has 3 heterocycles. The average Bonchev–Trinajstić information content (AvgIpc) is 2.80. The molecule has 0 radical (unpaired) electrons. The largest absolute Gasteiger partial charge is 0.340 e. The van der Waals surface area contributed by atoms with E-state index in [0.717, 1.165) is 17.2 Å². The van der Waals surface area contributed by atoms with Crippen LogP contribution in [0.3, 0.4) is 0 Å². The van der Waals surface area contributed by atoms with Crippen LogP contribution in [0, 0.1) is 27.7 Å². The van der Waals surface area contributed by atoms with Gasteiger partial charge < -0.3 is 15.1 Å². The molecule has 0 saturated carbocycles. The molecule has 9 nitrogen and oxygen atoms in total. The van der Waals surface area contributed by atoms with Crippen LogP contribution in [0.4, 0.5) is 17.5 Å². The van der Waals surface area contributed by atoms with Gasteiger partial charge in [0.2, 0.25) is 11.9 Å². The standard InChI is InChI=1S/C24H29N7O2/c1-16-5-7-20(8-6-16)27-21-13-17(2)26-24(28-21)30-11-9-29(10-12-30)22(32)14-31-15-25-19(4)18(3)23(31)33/h5-8,13,15H,9-12,14H2,1-4H3,(H,26,27,28). The van der Waals surface area contributed by atoms with Crippen LogP contribution in [0.25, 0.3) is 0 Å². The van der Waals surface area contributed by atoms with E-state index in [2.05, 4.69) is 44.2 Å². The number of aryl methyl sites for hydroxylation is 3. The van der Waals surface area contributed by atoms with Gasteiger partial charge in [-0.05, 0) is 39.8 Å². The minimum absolute atomic E-state index is 0.00147. The monoisotopic (exact) mass is 447 g/mol. The summed E-state index contributed by atoms with van der Waals surface area (Å²) in [5.74, 6) is 1.29. The zero-order chi connectivity index (χ0) is 23.5. The first-order valence-corrected chi connectivity index (χ1v) is 11.0. The molecule has 0 atom stereocenters. The van der Waals surface area contributed by atoms with E-state index in [1.54, 1.807) is 18.7 Å². The zero-order valence-corrected chi connectivity index (χ0v) is 19.5. The lowest BCUT2D eigenvalue weighted by atomic mass is 10.2. The molecule has 0 bridgehead atoms. The van der Waals surface area contributed by atoms with Crippen molar-refractivity contribution in [3.8, 4) is 0 Å². The molecule has 1 saturated heterocycles. The maximum Gasteiger partial charge on any atom is 0.256 e. The van der Waals surface area contributed by atoms with Crippen LogP contribution in [-0.4, -0.2) is 56.5 Å². The molecule has 3 aromatic rings. The Labute approximate surface area is 193 Å². The number of anilines is 3. The summed E-state index contributed by atoms with van der Waals surface area (Å²) in [4.78, 5) is 42.5. The van der Waals surface area contributed by atoms with Gasteiger partial charge in [-0.15, -0.1) is 0 Å². The van der Waals surface area contributed by atoms with Crippen molar-refractivity contribution in [2.24, 2.45) is 0 Å². The molecule has 0 aliphatic carbocycles. The van der Waals surface area contributed by atoms with E-state index in [-0.39, 0.29) is 18.0 Å². The van der Waals surface area contributed by atoms with Gasteiger partial charge in [-0.1, -0.05) is 17.7 Å². The topological polar surface area (TPSA) is 96.3 Å². The number of nitrogens with zero attached hydrogens (tertiary/aromatic N) is 6. The van der Waals surface area contributed by atoms with Crippen molar-refractivity contribution >= 4 is 23.4 Å². The number of hydrogen-bond acceptors (Lipinski definition) is 7. The summed E-state index contributed by atoms with van der Waals surface area (Å²) in [5.41, 5.74) is 4.13. The summed E-state index contributed by atoms with van der Waals surface area (Å²) < 4.78 is 1.38. The van der Waals surface area contributed by atoms with E-state index in [1.807, 2.05) is 25.1 Å². The number of nitrogens with one attached hydrogen (secondary N) is 1. The molecule has 2 aromatic heterocycles. The van der Waals surface area contributed by atoms with Crippen molar-refractivity contribution in [3.05, 3.63) is 69.5 Å². The number of carbonyl (C=O) groups excluding carboxylic acids is 1. The van der Waals surface area contributed by atoms with Crippen molar-refractivity contribution in [2.45, 2.75) is 34.2 Å². The zero-order valence-electron chi connectivity index (χ0n) is 19.5. The molecule has 1 aromatic carbocycles. The van der Waals surface area contributed by atoms with Gasteiger partial charge in [0, 0.05) is 54.9 Å². The van der Waals surface area contributed by atoms with Gasteiger partial charge in [-0.3, -0.25) is 14.2 Å². The van der Waals surface area contributed by atoms with Gasteiger partial charge in [0.25, 0.3) is 5.56 Å². The van der Waals surface area contributed by atoms with Gasteiger partial charge in [0.05, 0.1) is 6.33 Å².